The van der Waals surface area contributed by atoms with Crippen molar-refractivity contribution in [1.29, 1.82) is 5.26 Å². The number of aromatic nitrogens is 1. The number of aryl methyl sites for hydroxylation is 1. The SMILES string of the molecule is Cc1nc(N2CC3CCCC(N)C3C2)ccc1C#N. The van der Waals surface area contributed by atoms with Crippen LogP contribution in [0, 0.1) is 30.1 Å². The topological polar surface area (TPSA) is 65.9 Å². The van der Waals surface area contributed by atoms with E-state index in [1.807, 2.05) is 19.1 Å². The minimum Gasteiger partial charge on any atom is -0.356 e. The number of hydrogen-bond acceptors (Lipinski definition) is 4. The molecule has 3 atom stereocenters. The lowest BCUT2D eigenvalue weighted by atomic mass is 9.78. The molecule has 1 saturated heterocycles. The van der Waals surface area contributed by atoms with Crippen molar-refractivity contribution in [3.8, 4) is 6.07 Å². The fraction of sp³-hybridized carbons (Fsp3) is 0.600. The second-order valence-corrected chi connectivity index (χ2v) is 5.84. The van der Waals surface area contributed by atoms with E-state index in [-0.39, 0.29) is 0 Å². The highest BCUT2D eigenvalue weighted by Gasteiger charge is 2.39. The summed E-state index contributed by atoms with van der Waals surface area (Å²) < 4.78 is 0. The van der Waals surface area contributed by atoms with Crippen LogP contribution in [0.25, 0.3) is 0 Å². The summed E-state index contributed by atoms with van der Waals surface area (Å²) in [4.78, 5) is 6.91. The van der Waals surface area contributed by atoms with Gasteiger partial charge in [-0.05, 0) is 43.7 Å². The lowest BCUT2D eigenvalue weighted by Crippen LogP contribution is -2.38. The predicted molar refractivity (Wildman–Crippen MR) is 74.7 cm³/mol. The van der Waals surface area contributed by atoms with E-state index in [1.54, 1.807) is 0 Å². The molecule has 1 saturated carbocycles. The smallest absolute Gasteiger partial charge is 0.128 e. The number of fused-ring (bicyclic) bond motifs is 1. The maximum Gasteiger partial charge on any atom is 0.128 e. The van der Waals surface area contributed by atoms with Gasteiger partial charge in [0.15, 0.2) is 0 Å². The fourth-order valence-corrected chi connectivity index (χ4v) is 3.55. The summed E-state index contributed by atoms with van der Waals surface area (Å²) in [5, 5.41) is 8.96. The molecule has 100 valence electrons. The van der Waals surface area contributed by atoms with Crippen molar-refractivity contribution in [3.63, 3.8) is 0 Å². The van der Waals surface area contributed by atoms with Gasteiger partial charge >= 0.3 is 0 Å². The maximum atomic E-state index is 8.96. The summed E-state index contributed by atoms with van der Waals surface area (Å²) in [6.07, 6.45) is 3.72. The minimum absolute atomic E-state index is 0.350. The molecule has 0 amide bonds. The Balaban J connectivity index is 1.81. The number of nitrogens with two attached hydrogens (primary N) is 1. The molecule has 19 heavy (non-hydrogen) atoms. The molecule has 1 aromatic heterocycles. The van der Waals surface area contributed by atoms with E-state index in [9.17, 15) is 0 Å². The van der Waals surface area contributed by atoms with Crippen LogP contribution in [-0.2, 0) is 0 Å². The van der Waals surface area contributed by atoms with E-state index in [0.717, 1.165) is 36.9 Å². The van der Waals surface area contributed by atoms with Crippen LogP contribution in [0.3, 0.4) is 0 Å². The van der Waals surface area contributed by atoms with Crippen LogP contribution in [0.1, 0.15) is 30.5 Å². The van der Waals surface area contributed by atoms with Crippen LogP contribution in [0.4, 0.5) is 5.82 Å². The first-order chi connectivity index (χ1) is 9.19. The number of hydrogen-bond donors (Lipinski definition) is 1. The first-order valence-corrected chi connectivity index (χ1v) is 7.07. The van der Waals surface area contributed by atoms with Crippen LogP contribution < -0.4 is 10.6 Å². The molecule has 0 bridgehead atoms. The van der Waals surface area contributed by atoms with Crippen molar-refractivity contribution >= 4 is 5.82 Å². The van der Waals surface area contributed by atoms with Crippen molar-refractivity contribution in [2.75, 3.05) is 18.0 Å². The second kappa shape index (κ2) is 4.82. The molecule has 2 aliphatic rings. The molecular weight excluding hydrogens is 236 g/mol. The quantitative estimate of drug-likeness (QED) is 0.832. The molecule has 0 aromatic carbocycles. The summed E-state index contributed by atoms with van der Waals surface area (Å²) >= 11 is 0. The van der Waals surface area contributed by atoms with Crippen molar-refractivity contribution in [1.82, 2.24) is 4.98 Å². The van der Waals surface area contributed by atoms with Crippen LogP contribution in [0.2, 0.25) is 0 Å². The molecule has 2 heterocycles. The summed E-state index contributed by atoms with van der Waals surface area (Å²) in [6.45, 7) is 3.98. The zero-order valence-corrected chi connectivity index (χ0v) is 11.3. The highest BCUT2D eigenvalue weighted by Crippen LogP contribution is 2.37. The van der Waals surface area contributed by atoms with Crippen LogP contribution >= 0.6 is 0 Å². The number of nitrogens with zero attached hydrogens (tertiary/aromatic N) is 3. The third-order valence-corrected chi connectivity index (χ3v) is 4.67. The molecule has 0 spiro atoms. The first kappa shape index (κ1) is 12.4. The van der Waals surface area contributed by atoms with Gasteiger partial charge in [-0.15, -0.1) is 0 Å². The number of pyridine rings is 1. The molecule has 4 nitrogen and oxygen atoms in total. The molecule has 1 aromatic rings. The molecule has 2 N–H and O–H groups in total. The Morgan fingerprint density at radius 2 is 2.21 bits per heavy atom. The normalized spacial score (nSPS) is 29.9. The molecule has 1 aliphatic heterocycles. The number of rotatable bonds is 1. The van der Waals surface area contributed by atoms with E-state index < -0.39 is 0 Å². The van der Waals surface area contributed by atoms with E-state index in [4.69, 9.17) is 11.0 Å². The highest BCUT2D eigenvalue weighted by molar-refractivity contribution is 5.46. The number of anilines is 1. The molecule has 4 heteroatoms. The zero-order chi connectivity index (χ0) is 13.4. The average molecular weight is 256 g/mol. The molecule has 2 fully saturated rings. The van der Waals surface area contributed by atoms with Crippen molar-refractivity contribution < 1.29 is 0 Å². The molecule has 3 rings (SSSR count). The monoisotopic (exact) mass is 256 g/mol. The van der Waals surface area contributed by atoms with Crippen molar-refractivity contribution in [2.45, 2.75) is 32.2 Å². The van der Waals surface area contributed by atoms with Gasteiger partial charge in [0.2, 0.25) is 0 Å². The highest BCUT2D eigenvalue weighted by atomic mass is 15.2. The molecular formula is C15H20N4. The van der Waals surface area contributed by atoms with Gasteiger partial charge in [-0.2, -0.15) is 5.26 Å². The van der Waals surface area contributed by atoms with E-state index in [2.05, 4.69) is 16.0 Å². The Labute approximate surface area is 114 Å². The van der Waals surface area contributed by atoms with E-state index >= 15 is 0 Å². The second-order valence-electron chi connectivity index (χ2n) is 5.84. The third-order valence-electron chi connectivity index (χ3n) is 4.67. The van der Waals surface area contributed by atoms with Gasteiger partial charge in [-0.3, -0.25) is 0 Å². The summed E-state index contributed by atoms with van der Waals surface area (Å²) in [5.41, 5.74) is 7.73. The molecule has 1 aliphatic carbocycles. The van der Waals surface area contributed by atoms with Crippen molar-refractivity contribution in [3.05, 3.63) is 23.4 Å². The Morgan fingerprint density at radius 1 is 1.37 bits per heavy atom. The lowest BCUT2D eigenvalue weighted by Gasteiger charge is -2.29. The van der Waals surface area contributed by atoms with Crippen LogP contribution in [-0.4, -0.2) is 24.1 Å². The Morgan fingerprint density at radius 3 is 2.89 bits per heavy atom. The summed E-state index contributed by atoms with van der Waals surface area (Å²) in [6, 6.07) is 6.36. The van der Waals surface area contributed by atoms with E-state index in [0.29, 0.717) is 17.5 Å². The van der Waals surface area contributed by atoms with Gasteiger partial charge in [-0.25, -0.2) is 4.98 Å². The Hall–Kier alpha value is -1.60. The van der Waals surface area contributed by atoms with Gasteiger partial charge < -0.3 is 10.6 Å². The van der Waals surface area contributed by atoms with Crippen LogP contribution in [0.5, 0.6) is 0 Å². The van der Waals surface area contributed by atoms with Crippen LogP contribution in [0.15, 0.2) is 12.1 Å². The van der Waals surface area contributed by atoms with E-state index in [1.165, 1.54) is 12.8 Å². The van der Waals surface area contributed by atoms with Gasteiger partial charge in [0, 0.05) is 19.1 Å². The van der Waals surface area contributed by atoms with Gasteiger partial charge in [0.05, 0.1) is 11.3 Å². The summed E-state index contributed by atoms with van der Waals surface area (Å²) in [5.74, 6) is 2.34. The maximum absolute atomic E-state index is 8.96. The van der Waals surface area contributed by atoms with Crippen molar-refractivity contribution in [2.24, 2.45) is 17.6 Å². The van der Waals surface area contributed by atoms with Gasteiger partial charge in [-0.1, -0.05) is 6.42 Å². The number of nitriles is 1. The Kier molecular flexibility index (Phi) is 3.16. The third kappa shape index (κ3) is 2.19. The zero-order valence-electron chi connectivity index (χ0n) is 11.3. The fourth-order valence-electron chi connectivity index (χ4n) is 3.55. The molecule has 0 radical (unpaired) electrons. The molecule has 3 unspecified atom stereocenters. The summed E-state index contributed by atoms with van der Waals surface area (Å²) in [7, 11) is 0. The average Bonchev–Trinajstić information content (AvgIpc) is 2.84. The largest absolute Gasteiger partial charge is 0.356 e. The minimum atomic E-state index is 0.350. The Bertz CT molecular complexity index is 519. The first-order valence-electron chi connectivity index (χ1n) is 7.07. The predicted octanol–water partition coefficient (Wildman–Crippen LogP) is 1.83. The standard InChI is InChI=1S/C15H20N4/c1-10-11(7-16)5-6-15(18-10)19-8-12-3-2-4-14(17)13(12)9-19/h5-6,12-14H,2-4,8-9,17H2,1H3. The lowest BCUT2D eigenvalue weighted by molar-refractivity contribution is 0.260. The van der Waals surface area contributed by atoms with Gasteiger partial charge in [0.25, 0.3) is 0 Å². The van der Waals surface area contributed by atoms with Gasteiger partial charge in [0.1, 0.15) is 11.9 Å².